The van der Waals surface area contributed by atoms with Gasteiger partial charge in [0, 0.05) is 16.1 Å². The van der Waals surface area contributed by atoms with E-state index in [0.717, 1.165) is 42.6 Å². The first-order chi connectivity index (χ1) is 18.7. The fourth-order valence-corrected chi connectivity index (χ4v) is 5.40. The van der Waals surface area contributed by atoms with E-state index in [9.17, 15) is 14.7 Å². The smallest absolute Gasteiger partial charge is 0.308 e. The molecule has 39 heavy (non-hydrogen) atoms. The first kappa shape index (κ1) is 28.5. The Morgan fingerprint density at radius 2 is 1.82 bits per heavy atom. The van der Waals surface area contributed by atoms with Gasteiger partial charge in [0.05, 0.1) is 29.4 Å². The molecule has 1 aliphatic rings. The molecule has 4 rings (SSSR count). The van der Waals surface area contributed by atoms with Crippen molar-refractivity contribution in [3.05, 3.63) is 100 Å². The molecule has 0 saturated carbocycles. The molecular formula is C32H36ClN3O3. The number of nitrogens with one attached hydrogen (secondary N) is 1. The van der Waals surface area contributed by atoms with Crippen LogP contribution in [0.4, 0.5) is 5.69 Å². The van der Waals surface area contributed by atoms with Gasteiger partial charge >= 0.3 is 5.97 Å². The molecule has 1 aliphatic heterocycles. The summed E-state index contributed by atoms with van der Waals surface area (Å²) in [7, 11) is 0. The number of carbonyl (C=O) groups is 2. The molecule has 0 unspecified atom stereocenters. The highest BCUT2D eigenvalue weighted by Crippen LogP contribution is 2.32. The third-order valence-electron chi connectivity index (χ3n) is 7.61. The third-order valence-corrected chi connectivity index (χ3v) is 7.85. The van der Waals surface area contributed by atoms with Gasteiger partial charge in [-0.15, -0.1) is 0 Å². The number of hydrogen-bond donors (Lipinski definition) is 2. The van der Waals surface area contributed by atoms with Crippen molar-refractivity contribution in [3.63, 3.8) is 0 Å². The SMILES string of the molecule is CCN1CCC[C@]1(C)C(=O)Nc1ccc(Cl)cc1C(=NC[C@H](Cc1ccc(C)cc1)C(=O)O)c1ccccc1. The van der Waals surface area contributed by atoms with E-state index in [1.54, 1.807) is 18.2 Å². The van der Waals surface area contributed by atoms with E-state index >= 15 is 0 Å². The molecule has 0 aliphatic carbocycles. The number of rotatable bonds is 10. The molecule has 2 atom stereocenters. The van der Waals surface area contributed by atoms with Crippen molar-refractivity contribution in [2.45, 2.75) is 45.6 Å². The van der Waals surface area contributed by atoms with Crippen LogP contribution in [0.3, 0.4) is 0 Å². The number of nitrogens with zero attached hydrogens (tertiary/aromatic N) is 2. The zero-order chi connectivity index (χ0) is 28.0. The average Bonchev–Trinajstić information content (AvgIpc) is 3.32. The van der Waals surface area contributed by atoms with Crippen molar-refractivity contribution in [1.29, 1.82) is 0 Å². The summed E-state index contributed by atoms with van der Waals surface area (Å²) in [6.07, 6.45) is 2.12. The molecule has 7 heteroatoms. The average molecular weight is 546 g/mol. The highest BCUT2D eigenvalue weighted by Gasteiger charge is 2.42. The topological polar surface area (TPSA) is 82.0 Å². The molecule has 204 valence electrons. The minimum absolute atomic E-state index is 0.0689. The van der Waals surface area contributed by atoms with Crippen LogP contribution in [0.5, 0.6) is 0 Å². The summed E-state index contributed by atoms with van der Waals surface area (Å²) >= 11 is 6.45. The largest absolute Gasteiger partial charge is 0.481 e. The number of likely N-dealkylation sites (tertiary alicyclic amines) is 1. The number of carboxylic acid groups (broad SMARTS) is 1. The number of benzene rings is 3. The monoisotopic (exact) mass is 545 g/mol. The first-order valence-electron chi connectivity index (χ1n) is 13.5. The van der Waals surface area contributed by atoms with Crippen LogP contribution in [0.25, 0.3) is 0 Å². The van der Waals surface area contributed by atoms with Gasteiger partial charge in [-0.25, -0.2) is 0 Å². The van der Waals surface area contributed by atoms with Crippen molar-refractivity contribution in [3.8, 4) is 0 Å². The molecule has 0 bridgehead atoms. The Labute approximate surface area is 235 Å². The highest BCUT2D eigenvalue weighted by molar-refractivity contribution is 6.31. The summed E-state index contributed by atoms with van der Waals surface area (Å²) in [4.78, 5) is 32.9. The molecule has 1 amide bonds. The number of carboxylic acids is 1. The summed E-state index contributed by atoms with van der Waals surface area (Å²) in [5.41, 5.74) is 4.14. The highest BCUT2D eigenvalue weighted by atomic mass is 35.5. The van der Waals surface area contributed by atoms with Crippen LogP contribution >= 0.6 is 11.6 Å². The van der Waals surface area contributed by atoms with Crippen molar-refractivity contribution in [1.82, 2.24) is 4.90 Å². The number of aliphatic imine (C=N–C) groups is 1. The minimum Gasteiger partial charge on any atom is -0.481 e. The van der Waals surface area contributed by atoms with Crippen molar-refractivity contribution >= 4 is 34.9 Å². The molecule has 0 spiro atoms. The third kappa shape index (κ3) is 6.75. The van der Waals surface area contributed by atoms with Crippen LogP contribution in [0.1, 0.15) is 48.9 Å². The lowest BCUT2D eigenvalue weighted by Gasteiger charge is -2.33. The van der Waals surface area contributed by atoms with Gasteiger partial charge in [0.2, 0.25) is 5.91 Å². The number of aryl methyl sites for hydroxylation is 1. The predicted molar refractivity (Wildman–Crippen MR) is 158 cm³/mol. The van der Waals surface area contributed by atoms with Gasteiger partial charge in [0.15, 0.2) is 0 Å². The number of amides is 1. The molecule has 0 radical (unpaired) electrons. The molecule has 1 heterocycles. The standard InChI is InChI=1S/C32H36ClN3O3/c1-4-36-18-8-17-32(36,3)31(39)35-28-16-15-26(33)20-27(28)29(24-9-6-5-7-10-24)34-21-25(30(37)38)19-23-13-11-22(2)12-14-23/h5-7,9-16,20,25H,4,8,17-19,21H2,1-3H3,(H,35,39)(H,37,38)/t25-,32+/m0/s1. The molecule has 3 aromatic carbocycles. The number of hydrogen-bond acceptors (Lipinski definition) is 4. The fraction of sp³-hybridized carbons (Fsp3) is 0.344. The summed E-state index contributed by atoms with van der Waals surface area (Å²) < 4.78 is 0. The number of halogens is 1. The van der Waals surface area contributed by atoms with Gasteiger partial charge in [-0.3, -0.25) is 19.5 Å². The lowest BCUT2D eigenvalue weighted by molar-refractivity contribution is -0.141. The van der Waals surface area contributed by atoms with Gasteiger partial charge in [-0.2, -0.15) is 0 Å². The minimum atomic E-state index is -0.903. The van der Waals surface area contributed by atoms with Crippen LogP contribution in [-0.4, -0.2) is 52.8 Å². The summed E-state index contributed by atoms with van der Waals surface area (Å²) in [5.74, 6) is -1.68. The van der Waals surface area contributed by atoms with Crippen molar-refractivity contribution in [2.75, 3.05) is 25.0 Å². The van der Waals surface area contributed by atoms with Crippen LogP contribution in [0.2, 0.25) is 5.02 Å². The molecule has 0 aromatic heterocycles. The van der Waals surface area contributed by atoms with Gasteiger partial charge in [0.25, 0.3) is 0 Å². The van der Waals surface area contributed by atoms with E-state index in [0.29, 0.717) is 28.4 Å². The Bertz CT molecular complexity index is 1340. The Morgan fingerprint density at radius 3 is 2.49 bits per heavy atom. The number of aliphatic carboxylic acids is 1. The maximum atomic E-state index is 13.6. The molecule has 3 aromatic rings. The summed E-state index contributed by atoms with van der Waals surface area (Å²) in [6.45, 7) is 7.83. The quantitative estimate of drug-likeness (QED) is 0.295. The maximum Gasteiger partial charge on any atom is 0.308 e. The molecule has 6 nitrogen and oxygen atoms in total. The van der Waals surface area contributed by atoms with E-state index in [1.807, 2.05) is 68.4 Å². The van der Waals surface area contributed by atoms with E-state index in [2.05, 4.69) is 17.1 Å². The molecule has 1 fully saturated rings. The molecule has 2 N–H and O–H groups in total. The number of likely N-dealkylation sites (N-methyl/N-ethyl adjacent to an activating group) is 1. The van der Waals surface area contributed by atoms with Crippen molar-refractivity contribution < 1.29 is 14.7 Å². The maximum absolute atomic E-state index is 13.6. The fourth-order valence-electron chi connectivity index (χ4n) is 5.23. The van der Waals surface area contributed by atoms with E-state index in [1.165, 1.54) is 0 Å². The Balaban J connectivity index is 1.70. The van der Waals surface area contributed by atoms with Crippen molar-refractivity contribution in [2.24, 2.45) is 10.9 Å². The van der Waals surface area contributed by atoms with Gasteiger partial charge in [0.1, 0.15) is 0 Å². The summed E-state index contributed by atoms with van der Waals surface area (Å²) in [6, 6.07) is 22.8. The Kier molecular flexibility index (Phi) is 9.20. The van der Waals surface area contributed by atoms with Crippen LogP contribution in [0.15, 0.2) is 77.8 Å². The Hall–Kier alpha value is -3.48. The van der Waals surface area contributed by atoms with E-state index < -0.39 is 17.4 Å². The molecular weight excluding hydrogens is 510 g/mol. The summed E-state index contributed by atoms with van der Waals surface area (Å²) in [5, 5.41) is 13.7. The van der Waals surface area contributed by atoms with E-state index in [-0.39, 0.29) is 12.5 Å². The van der Waals surface area contributed by atoms with E-state index in [4.69, 9.17) is 16.6 Å². The van der Waals surface area contributed by atoms with Gasteiger partial charge in [-0.1, -0.05) is 78.7 Å². The van der Waals surface area contributed by atoms with Crippen LogP contribution in [0, 0.1) is 12.8 Å². The predicted octanol–water partition coefficient (Wildman–Crippen LogP) is 6.24. The second-order valence-electron chi connectivity index (χ2n) is 10.4. The normalized spacial score (nSPS) is 18.6. The number of carbonyl (C=O) groups excluding carboxylic acids is 1. The van der Waals surface area contributed by atoms with Crippen LogP contribution < -0.4 is 5.32 Å². The second-order valence-corrected chi connectivity index (χ2v) is 10.8. The first-order valence-corrected chi connectivity index (χ1v) is 13.8. The van der Waals surface area contributed by atoms with Crippen LogP contribution in [-0.2, 0) is 16.0 Å². The number of anilines is 1. The zero-order valence-corrected chi connectivity index (χ0v) is 23.5. The van der Waals surface area contributed by atoms with Gasteiger partial charge in [-0.05, 0) is 70.0 Å². The lowest BCUT2D eigenvalue weighted by atomic mass is 9.95. The second kappa shape index (κ2) is 12.6. The zero-order valence-electron chi connectivity index (χ0n) is 22.8. The van der Waals surface area contributed by atoms with Gasteiger partial charge < -0.3 is 10.4 Å². The molecule has 1 saturated heterocycles. The Morgan fingerprint density at radius 1 is 1.10 bits per heavy atom. The lowest BCUT2D eigenvalue weighted by Crippen LogP contribution is -2.50.